The fraction of sp³-hybridized carbons (Fsp3) is 0.312. The lowest BCUT2D eigenvalue weighted by atomic mass is 10.1. The minimum Gasteiger partial charge on any atom is -0.485 e. The molecule has 0 radical (unpaired) electrons. The van der Waals surface area contributed by atoms with Gasteiger partial charge < -0.3 is 33.9 Å². The quantitative estimate of drug-likeness (QED) is 0.139. The van der Waals surface area contributed by atoms with Gasteiger partial charge in [-0.1, -0.05) is 0 Å². The molecule has 8 rings (SSSR count). The average Bonchev–Trinajstić information content (AvgIpc) is 3.91. The maximum atomic E-state index is 10.2. The molecule has 7 nitrogen and oxygen atoms in total. The Kier molecular flexibility index (Phi) is 8.71. The Bertz CT molecular complexity index is 1860. The summed E-state index contributed by atoms with van der Waals surface area (Å²) in [7, 11) is 0. The molecule has 3 aliphatic rings. The molecule has 3 aliphatic heterocycles. The maximum Gasteiger partial charge on any atom is 0.180 e. The van der Waals surface area contributed by atoms with E-state index in [-0.39, 0.29) is 18.5 Å². The molecular formula is C32H28O7S6. The van der Waals surface area contributed by atoms with E-state index in [0.717, 1.165) is 54.5 Å². The number of aliphatic hydroxyl groups is 2. The molecular weight excluding hydrogens is 689 g/mol. The summed E-state index contributed by atoms with van der Waals surface area (Å²) in [4.78, 5) is 10.5. The summed E-state index contributed by atoms with van der Waals surface area (Å²) in [6.07, 6.45) is 0.887. The summed E-state index contributed by atoms with van der Waals surface area (Å²) in [5.74, 6) is 3.24. The Morgan fingerprint density at radius 1 is 0.733 bits per heavy atom. The molecule has 0 aliphatic carbocycles. The van der Waals surface area contributed by atoms with E-state index in [1.165, 1.54) is 30.0 Å². The van der Waals surface area contributed by atoms with Crippen LogP contribution in [0.5, 0.6) is 23.0 Å². The van der Waals surface area contributed by atoms with Crippen molar-refractivity contribution in [2.24, 2.45) is 0 Å². The molecule has 13 heteroatoms. The number of rotatable bonds is 10. The standard InChI is InChI=1S/C32H28O7S6/c33-5-6-35-14-18-12-26(45-30(18)32-28-20(16-41-32)37-8-10-39-28)24-4-2-22(43-24)21-1-3-23(42-21)25-11-17(13-34)29(44-25)31-27-19(15-40-31)36-7-9-38-27/h1-4,11,15-16,26,33-34H,5-10,12-14H2. The molecule has 5 aromatic rings. The topological polar surface area (TPSA) is 86.6 Å². The van der Waals surface area contributed by atoms with Crippen LogP contribution < -0.4 is 18.9 Å². The second-order valence-electron chi connectivity index (χ2n) is 10.4. The molecule has 0 spiro atoms. The summed E-state index contributed by atoms with van der Waals surface area (Å²) in [6, 6.07) is 11.0. The van der Waals surface area contributed by atoms with Gasteiger partial charge in [-0.25, -0.2) is 0 Å². The van der Waals surface area contributed by atoms with Crippen molar-refractivity contribution in [3.8, 4) is 52.3 Å². The van der Waals surface area contributed by atoms with E-state index in [4.69, 9.17) is 23.7 Å². The summed E-state index contributed by atoms with van der Waals surface area (Å²) in [5.41, 5.74) is 2.15. The first-order valence-corrected chi connectivity index (χ1v) is 19.5. The molecule has 0 bridgehead atoms. The minimum absolute atomic E-state index is 0.00902. The molecule has 45 heavy (non-hydrogen) atoms. The van der Waals surface area contributed by atoms with Crippen LogP contribution in [0.15, 0.2) is 46.7 Å². The van der Waals surface area contributed by atoms with E-state index in [1.54, 1.807) is 45.3 Å². The van der Waals surface area contributed by atoms with Gasteiger partial charge in [0, 0.05) is 45.3 Å². The number of thioether (sulfide) groups is 1. The predicted octanol–water partition coefficient (Wildman–Crippen LogP) is 8.63. The van der Waals surface area contributed by atoms with E-state index >= 15 is 0 Å². The Hall–Kier alpha value is -2.33. The summed E-state index contributed by atoms with van der Waals surface area (Å²) in [5, 5.41) is 23.8. The van der Waals surface area contributed by atoms with Crippen LogP contribution in [0.1, 0.15) is 27.0 Å². The Morgan fingerprint density at radius 3 is 2.16 bits per heavy atom. The molecule has 2 N–H and O–H groups in total. The van der Waals surface area contributed by atoms with E-state index in [0.29, 0.717) is 39.6 Å². The molecule has 0 amide bonds. The van der Waals surface area contributed by atoms with Gasteiger partial charge in [-0.05, 0) is 47.9 Å². The predicted molar refractivity (Wildman–Crippen MR) is 186 cm³/mol. The number of hydrogen-bond donors (Lipinski definition) is 2. The zero-order valence-electron chi connectivity index (χ0n) is 23.9. The monoisotopic (exact) mass is 716 g/mol. The van der Waals surface area contributed by atoms with Crippen molar-refractivity contribution in [1.29, 1.82) is 0 Å². The molecule has 1 unspecified atom stereocenters. The van der Waals surface area contributed by atoms with Crippen LogP contribution in [0.4, 0.5) is 0 Å². The second kappa shape index (κ2) is 13.1. The van der Waals surface area contributed by atoms with Crippen LogP contribution in [0, 0.1) is 0 Å². The first-order chi connectivity index (χ1) is 22.2. The highest BCUT2D eigenvalue weighted by molar-refractivity contribution is 8.09. The molecule has 5 aromatic heterocycles. The average molecular weight is 717 g/mol. The van der Waals surface area contributed by atoms with Crippen molar-refractivity contribution >= 4 is 73.4 Å². The third kappa shape index (κ3) is 5.76. The van der Waals surface area contributed by atoms with Crippen molar-refractivity contribution in [1.82, 2.24) is 0 Å². The number of aliphatic hydroxyl groups excluding tert-OH is 2. The Morgan fingerprint density at radius 2 is 1.40 bits per heavy atom. The van der Waals surface area contributed by atoms with Crippen molar-refractivity contribution in [2.45, 2.75) is 18.3 Å². The van der Waals surface area contributed by atoms with E-state index < -0.39 is 0 Å². The number of ether oxygens (including phenoxy) is 5. The van der Waals surface area contributed by atoms with Crippen LogP contribution >= 0.6 is 68.4 Å². The molecule has 0 saturated carbocycles. The molecule has 1 atom stereocenters. The molecule has 0 fully saturated rings. The van der Waals surface area contributed by atoms with Crippen molar-refractivity contribution in [3.63, 3.8) is 0 Å². The van der Waals surface area contributed by atoms with E-state index in [1.807, 2.05) is 33.9 Å². The summed E-state index contributed by atoms with van der Waals surface area (Å²) < 4.78 is 29.3. The van der Waals surface area contributed by atoms with E-state index in [2.05, 4.69) is 30.3 Å². The highest BCUT2D eigenvalue weighted by Crippen LogP contribution is 2.58. The minimum atomic E-state index is -0.0264. The highest BCUT2D eigenvalue weighted by atomic mass is 32.2. The first kappa shape index (κ1) is 30.0. The van der Waals surface area contributed by atoms with Gasteiger partial charge in [-0.2, -0.15) is 0 Å². The highest BCUT2D eigenvalue weighted by Gasteiger charge is 2.33. The van der Waals surface area contributed by atoms with Gasteiger partial charge in [0.2, 0.25) is 0 Å². The molecule has 234 valence electrons. The van der Waals surface area contributed by atoms with Crippen molar-refractivity contribution < 1.29 is 33.9 Å². The maximum absolute atomic E-state index is 10.2. The smallest absolute Gasteiger partial charge is 0.180 e. The number of hydrogen-bond acceptors (Lipinski definition) is 13. The van der Waals surface area contributed by atoms with Crippen LogP contribution in [-0.2, 0) is 11.3 Å². The third-order valence-corrected chi connectivity index (χ3v) is 15.2. The van der Waals surface area contributed by atoms with Crippen LogP contribution in [-0.4, -0.2) is 56.5 Å². The third-order valence-electron chi connectivity index (χ3n) is 7.55. The largest absolute Gasteiger partial charge is 0.485 e. The summed E-state index contributed by atoms with van der Waals surface area (Å²) >= 11 is 10.4. The van der Waals surface area contributed by atoms with E-state index in [9.17, 15) is 10.2 Å². The lowest BCUT2D eigenvalue weighted by Gasteiger charge is -2.17. The lowest BCUT2D eigenvalue weighted by molar-refractivity contribution is 0.107. The van der Waals surface area contributed by atoms with Crippen LogP contribution in [0.3, 0.4) is 0 Å². The second-order valence-corrected chi connectivity index (χ2v) is 16.6. The van der Waals surface area contributed by atoms with Crippen LogP contribution in [0.25, 0.3) is 34.2 Å². The zero-order chi connectivity index (χ0) is 30.3. The Labute approximate surface area is 284 Å². The van der Waals surface area contributed by atoms with Crippen molar-refractivity contribution in [3.05, 3.63) is 62.0 Å². The normalized spacial score (nSPS) is 17.4. The van der Waals surface area contributed by atoms with Gasteiger partial charge in [0.1, 0.15) is 26.4 Å². The SMILES string of the molecule is OCCOCC1=C(c2scc3c2OCCO3)SC(c2ccc(-c3ccc(-c4cc(CO)c(-c5scc6c5OCCO6)s4)s3)s2)C1. The number of thiophene rings is 5. The Balaban J connectivity index is 1.03. The summed E-state index contributed by atoms with van der Waals surface area (Å²) in [6.45, 7) is 3.02. The zero-order valence-corrected chi connectivity index (χ0v) is 28.8. The van der Waals surface area contributed by atoms with Gasteiger partial charge in [0.25, 0.3) is 0 Å². The first-order valence-electron chi connectivity index (χ1n) is 14.5. The van der Waals surface area contributed by atoms with Gasteiger partial charge in [0.05, 0.1) is 41.1 Å². The fourth-order valence-corrected chi connectivity index (χ4v) is 12.7. The molecule has 0 aromatic carbocycles. The molecule has 8 heterocycles. The van der Waals surface area contributed by atoms with Crippen molar-refractivity contribution in [2.75, 3.05) is 46.2 Å². The van der Waals surface area contributed by atoms with Gasteiger partial charge >= 0.3 is 0 Å². The number of fused-ring (bicyclic) bond motifs is 2. The van der Waals surface area contributed by atoms with Gasteiger partial charge in [-0.3, -0.25) is 0 Å². The van der Waals surface area contributed by atoms with Gasteiger partial charge in [0.15, 0.2) is 23.0 Å². The lowest BCUT2D eigenvalue weighted by Crippen LogP contribution is -2.14. The van der Waals surface area contributed by atoms with Gasteiger partial charge in [-0.15, -0.1) is 68.4 Å². The fourth-order valence-electron chi connectivity index (χ4n) is 5.50. The van der Waals surface area contributed by atoms with Crippen LogP contribution in [0.2, 0.25) is 0 Å². The molecule has 0 saturated heterocycles.